The van der Waals surface area contributed by atoms with Gasteiger partial charge in [0.15, 0.2) is 5.72 Å². The fourth-order valence-electron chi connectivity index (χ4n) is 8.49. The molecule has 0 saturated carbocycles. The quantitative estimate of drug-likeness (QED) is 0.0611. The highest BCUT2D eigenvalue weighted by atomic mass is 35.5. The minimum atomic E-state index is -4.72. The van der Waals surface area contributed by atoms with Crippen molar-refractivity contribution in [2.75, 3.05) is 51.3 Å². The first-order valence-electron chi connectivity index (χ1n) is 22.1. The van der Waals surface area contributed by atoms with Crippen LogP contribution < -0.4 is 15.0 Å². The van der Waals surface area contributed by atoms with Crippen molar-refractivity contribution < 1.29 is 75.6 Å². The van der Waals surface area contributed by atoms with Gasteiger partial charge in [-0.25, -0.2) is 9.59 Å². The third kappa shape index (κ3) is 13.4. The summed E-state index contributed by atoms with van der Waals surface area (Å²) >= 11 is 6.78. The zero-order chi connectivity index (χ0) is 50.3. The number of nitrogens with zero attached hydrogens (tertiary/aromatic N) is 3. The number of carbonyl (C=O) groups excluding carboxylic acids is 6. The molecular weight excluding hydrogens is 961 g/mol. The topological polar surface area (TPSA) is 203 Å². The number of hydrogen-bond acceptors (Lipinski definition) is 16. The Morgan fingerprint density at radius 1 is 1.10 bits per heavy atom. The molecule has 0 spiro atoms. The predicted molar refractivity (Wildman–Crippen MR) is 246 cm³/mol. The molecule has 4 aliphatic heterocycles. The summed E-state index contributed by atoms with van der Waals surface area (Å²) in [7, 11) is 7.95. The number of imide groups is 1. The lowest BCUT2D eigenvalue weighted by Crippen LogP contribution is -2.63. The second-order valence-corrected chi connectivity index (χ2v) is 20.7. The van der Waals surface area contributed by atoms with Crippen molar-refractivity contribution in [3.63, 3.8) is 0 Å². The van der Waals surface area contributed by atoms with E-state index in [9.17, 15) is 47.0 Å². The number of hydroxylamine groups is 2. The van der Waals surface area contributed by atoms with Crippen LogP contribution in [0.1, 0.15) is 78.2 Å². The molecule has 17 nitrogen and oxygen atoms in total. The molecule has 1 aromatic rings. The van der Waals surface area contributed by atoms with Gasteiger partial charge >= 0.3 is 24.2 Å². The number of alkyl carbamates (subject to hydrolysis) is 1. The number of esters is 1. The Hall–Kier alpha value is -4.06. The van der Waals surface area contributed by atoms with Crippen LogP contribution in [-0.2, 0) is 54.2 Å². The third-order valence-electron chi connectivity index (χ3n) is 12.8. The van der Waals surface area contributed by atoms with Gasteiger partial charge in [-0.05, 0) is 64.8 Å². The van der Waals surface area contributed by atoms with Crippen molar-refractivity contribution >= 4 is 74.6 Å². The Morgan fingerprint density at radius 2 is 1.78 bits per heavy atom. The first-order chi connectivity index (χ1) is 31.9. The number of halogens is 4. The zero-order valence-corrected chi connectivity index (χ0v) is 41.6. The maximum absolute atomic E-state index is 14.5. The molecule has 68 heavy (non-hydrogen) atoms. The average molecular weight is 1020 g/mol. The number of nitrogens with one attached hydrogen (secondary N) is 1. The first-order valence-corrected chi connectivity index (χ1v) is 25.0. The number of methoxy groups -OCH3 is 2. The summed E-state index contributed by atoms with van der Waals surface area (Å²) in [6, 6.07) is 0.0756. The van der Waals surface area contributed by atoms with Crippen molar-refractivity contribution in [2.45, 2.75) is 127 Å². The molecule has 378 valence electrons. The van der Waals surface area contributed by atoms with Gasteiger partial charge in [-0.15, -0.1) is 5.06 Å². The van der Waals surface area contributed by atoms with Gasteiger partial charge in [0.05, 0.1) is 31.1 Å². The van der Waals surface area contributed by atoms with Crippen LogP contribution in [0.15, 0.2) is 35.9 Å². The number of likely N-dealkylation sites (N-methyl/N-ethyl adjacent to an activating group) is 1. The summed E-state index contributed by atoms with van der Waals surface area (Å²) in [4.78, 5) is 83.4. The molecule has 3 fully saturated rings. The van der Waals surface area contributed by atoms with Gasteiger partial charge in [0, 0.05) is 69.6 Å². The van der Waals surface area contributed by atoms with E-state index in [0.717, 1.165) is 26.8 Å². The molecule has 4 aliphatic rings. The molecule has 0 radical (unpaired) electrons. The average Bonchev–Trinajstić information content (AvgIpc) is 3.88. The van der Waals surface area contributed by atoms with Crippen molar-refractivity contribution in [1.82, 2.24) is 15.3 Å². The summed E-state index contributed by atoms with van der Waals surface area (Å²) in [6.07, 6.45) is -3.34. The van der Waals surface area contributed by atoms with Crippen LogP contribution in [-0.4, -0.2) is 145 Å². The van der Waals surface area contributed by atoms with Crippen LogP contribution in [0.25, 0.3) is 0 Å². The number of fused-ring (bicyclic) bond motifs is 5. The van der Waals surface area contributed by atoms with Crippen LogP contribution in [0.5, 0.6) is 5.75 Å². The second kappa shape index (κ2) is 23.2. The van der Waals surface area contributed by atoms with Crippen molar-refractivity contribution in [2.24, 2.45) is 11.8 Å². The van der Waals surface area contributed by atoms with E-state index < -0.39 is 102 Å². The summed E-state index contributed by atoms with van der Waals surface area (Å²) in [5, 5.41) is 14.9. The molecule has 4 amide bonds. The molecule has 4 bridgehead atoms. The van der Waals surface area contributed by atoms with Crippen molar-refractivity contribution in [3.05, 3.63) is 46.5 Å². The second-order valence-electron chi connectivity index (χ2n) is 17.6. The number of anilines is 1. The van der Waals surface area contributed by atoms with E-state index >= 15 is 0 Å². The largest absolute Gasteiger partial charge is 0.495 e. The van der Waals surface area contributed by atoms with Gasteiger partial charge in [-0.3, -0.25) is 29.4 Å². The van der Waals surface area contributed by atoms with E-state index in [-0.39, 0.29) is 49.3 Å². The molecule has 23 heteroatoms. The van der Waals surface area contributed by atoms with E-state index in [4.69, 9.17) is 40.1 Å². The van der Waals surface area contributed by atoms with Gasteiger partial charge in [-0.2, -0.15) is 13.2 Å². The number of benzene rings is 1. The Labute approximate surface area is 406 Å². The molecule has 2 unspecified atom stereocenters. The SMILES string of the molecule is COc1cc2cc(c1Cl)N(C)C(=O)CC(COC(=O)[C@H](C)N(C)C(CCSSCCCC(=O)ON1C(=O)CCC1=O)C(F)(F)F)[C@]1(C)O[C@H]1[C@H](C)[C@@H]1C[C@@](O)(NC(=O)O1)[C@H](OC)/C=C/C=C(\C)C2. The molecule has 2 N–H and O–H groups in total. The molecule has 5 rings (SSSR count). The summed E-state index contributed by atoms with van der Waals surface area (Å²) in [5.74, 6) is -4.14. The maximum Gasteiger partial charge on any atom is 0.409 e. The van der Waals surface area contributed by atoms with E-state index in [1.807, 2.05) is 13.0 Å². The lowest BCUT2D eigenvalue weighted by atomic mass is 9.80. The third-order valence-corrected chi connectivity index (χ3v) is 15.7. The van der Waals surface area contributed by atoms with E-state index in [0.29, 0.717) is 35.1 Å². The number of epoxide rings is 1. The highest BCUT2D eigenvalue weighted by Crippen LogP contribution is 2.51. The lowest BCUT2D eigenvalue weighted by Gasteiger charge is -2.42. The number of allylic oxidation sites excluding steroid dienone is 3. The fourth-order valence-corrected chi connectivity index (χ4v) is 11.0. The van der Waals surface area contributed by atoms with Gasteiger partial charge in [-0.1, -0.05) is 63.9 Å². The van der Waals surface area contributed by atoms with Crippen LogP contribution in [0.4, 0.5) is 23.7 Å². The summed E-state index contributed by atoms with van der Waals surface area (Å²) in [5.41, 5.74) is -1.12. The Morgan fingerprint density at radius 3 is 2.43 bits per heavy atom. The minimum Gasteiger partial charge on any atom is -0.495 e. The zero-order valence-electron chi connectivity index (χ0n) is 39.2. The molecular formula is C45H60ClF3N4O13S2. The van der Waals surface area contributed by atoms with Crippen LogP contribution in [0.2, 0.25) is 5.02 Å². The lowest BCUT2D eigenvalue weighted by molar-refractivity contribution is -0.197. The van der Waals surface area contributed by atoms with Gasteiger partial charge < -0.3 is 38.5 Å². The summed E-state index contributed by atoms with van der Waals surface area (Å²) < 4.78 is 72.5. The Kier molecular flexibility index (Phi) is 18.8. The number of amides is 4. The number of carbonyl (C=O) groups is 6. The maximum atomic E-state index is 14.5. The standard InChI is InChI=1S/C45H60ClF3N4O13S2/c1-25-11-9-12-34(62-8)44(60)23-32(64-42(59)50-44)26(2)40-43(4,65-40)29(22-37(56)52(6)30-20-28(19-25)21-31(61-7)39(30)46)24-63-41(58)27(3)51(5)33(45(47,48)49)16-18-68-67-17-10-13-38(57)66-53-35(54)14-15-36(53)55/h9,11-12,20-21,26-27,29,32-34,40,60H,10,13-19,22-24H2,1-8H3,(H,50,59)/b12-9+,25-11+/t26-,27+,29?,32+,33?,34-,40+,43+,44+/m1/s1. The summed E-state index contributed by atoms with van der Waals surface area (Å²) in [6.45, 7) is 6.20. The van der Waals surface area contributed by atoms with Gasteiger partial charge in [0.2, 0.25) is 5.91 Å². The monoisotopic (exact) mass is 1020 g/mol. The molecule has 1 aromatic carbocycles. The molecule has 3 saturated heterocycles. The van der Waals surface area contributed by atoms with E-state index in [1.54, 1.807) is 38.1 Å². The first kappa shape index (κ1) is 54.9. The number of rotatable bonds is 16. The molecule has 0 aromatic heterocycles. The van der Waals surface area contributed by atoms with Crippen LogP contribution >= 0.6 is 33.2 Å². The highest BCUT2D eigenvalue weighted by molar-refractivity contribution is 8.76. The number of alkyl halides is 3. The van der Waals surface area contributed by atoms with E-state index in [1.165, 1.54) is 50.9 Å². The fraction of sp³-hybridized carbons (Fsp3) is 0.644. The smallest absolute Gasteiger partial charge is 0.409 e. The highest BCUT2D eigenvalue weighted by Gasteiger charge is 2.63. The Balaban J connectivity index is 1.29. The van der Waals surface area contributed by atoms with Gasteiger partial charge in [0.25, 0.3) is 11.8 Å². The number of aliphatic hydroxyl groups is 1. The van der Waals surface area contributed by atoms with Gasteiger partial charge in [0.1, 0.15) is 35.1 Å². The van der Waals surface area contributed by atoms with Crippen LogP contribution in [0.3, 0.4) is 0 Å². The van der Waals surface area contributed by atoms with Crippen molar-refractivity contribution in [3.8, 4) is 5.75 Å². The number of ether oxygens (including phenoxy) is 5. The molecule has 4 heterocycles. The molecule has 0 aliphatic carbocycles. The minimum absolute atomic E-state index is 0.0338. The van der Waals surface area contributed by atoms with Crippen LogP contribution in [0, 0.1) is 11.8 Å². The van der Waals surface area contributed by atoms with E-state index in [2.05, 4.69) is 5.32 Å². The number of hydrogen-bond donors (Lipinski definition) is 2. The Bertz CT molecular complexity index is 2100. The molecule has 9 atom stereocenters. The van der Waals surface area contributed by atoms with Crippen molar-refractivity contribution in [1.29, 1.82) is 0 Å². The predicted octanol–water partition coefficient (Wildman–Crippen LogP) is 6.33. The normalized spacial score (nSPS) is 29.0.